The maximum absolute atomic E-state index is 13.2. The van der Waals surface area contributed by atoms with Crippen LogP contribution >= 0.6 is 0 Å². The van der Waals surface area contributed by atoms with Crippen molar-refractivity contribution in [2.24, 2.45) is 11.8 Å². The molecule has 1 atom stereocenters. The summed E-state index contributed by atoms with van der Waals surface area (Å²) in [7, 11) is 1.61. The zero-order valence-electron chi connectivity index (χ0n) is 20.6. The van der Waals surface area contributed by atoms with Crippen molar-refractivity contribution in [3.8, 4) is 11.8 Å². The van der Waals surface area contributed by atoms with Crippen LogP contribution in [0.15, 0.2) is 48.5 Å². The number of hydrogen-bond acceptors (Lipinski definition) is 6. The number of para-hydroxylation sites is 2. The Hall–Kier alpha value is -3.66. The van der Waals surface area contributed by atoms with E-state index in [-0.39, 0.29) is 0 Å². The largest absolute Gasteiger partial charge is 0.497 e. The summed E-state index contributed by atoms with van der Waals surface area (Å²) in [6.45, 7) is 10.4. The van der Waals surface area contributed by atoms with Crippen LogP contribution < -0.4 is 15.0 Å². The fourth-order valence-corrected chi connectivity index (χ4v) is 3.84. The maximum Gasteiger partial charge on any atom is 0.243 e. The number of rotatable bonds is 10. The molecule has 1 amide bonds. The fraction of sp³-hybridized carbons (Fsp3) is 0.407. The molecule has 1 aromatic heterocycles. The molecule has 0 fully saturated rings. The Morgan fingerprint density at radius 2 is 1.59 bits per heavy atom. The first-order chi connectivity index (χ1) is 16.3. The first kappa shape index (κ1) is 25.0. The molecule has 3 rings (SSSR count). The van der Waals surface area contributed by atoms with Gasteiger partial charge in [0.1, 0.15) is 11.4 Å². The Morgan fingerprint density at radius 3 is 2.12 bits per heavy atom. The number of benzene rings is 2. The summed E-state index contributed by atoms with van der Waals surface area (Å²) in [4.78, 5) is 25.0. The molecule has 34 heavy (non-hydrogen) atoms. The van der Waals surface area contributed by atoms with Crippen molar-refractivity contribution in [3.05, 3.63) is 59.8 Å². The number of nitrogens with zero attached hydrogens (tertiary/aromatic N) is 4. The second-order valence-electron chi connectivity index (χ2n) is 9.24. The molecule has 7 heteroatoms. The maximum atomic E-state index is 13.2. The number of carbonyl (C=O) groups excluding carboxylic acids is 1. The number of methoxy groups -OCH3 is 1. The van der Waals surface area contributed by atoms with E-state index in [0.29, 0.717) is 35.4 Å². The lowest BCUT2D eigenvalue weighted by molar-refractivity contribution is -0.121. The van der Waals surface area contributed by atoms with E-state index in [4.69, 9.17) is 14.7 Å². The highest BCUT2D eigenvalue weighted by atomic mass is 16.5. The van der Waals surface area contributed by atoms with Crippen molar-refractivity contribution in [3.63, 3.8) is 0 Å². The van der Waals surface area contributed by atoms with E-state index >= 15 is 0 Å². The highest BCUT2D eigenvalue weighted by Gasteiger charge is 2.29. The van der Waals surface area contributed by atoms with E-state index in [1.54, 1.807) is 7.11 Å². The number of aromatic nitrogens is 2. The summed E-state index contributed by atoms with van der Waals surface area (Å²) in [5, 5.41) is 12.9. The third kappa shape index (κ3) is 6.22. The van der Waals surface area contributed by atoms with E-state index < -0.39 is 11.8 Å². The summed E-state index contributed by atoms with van der Waals surface area (Å²) >= 11 is 0. The van der Waals surface area contributed by atoms with E-state index in [2.05, 4.69) is 44.0 Å². The van der Waals surface area contributed by atoms with E-state index in [1.807, 2.05) is 48.5 Å². The topological polar surface area (TPSA) is 91.1 Å². The SMILES string of the molecule is COc1ccc(CNC(=O)C(C#N)c2nc3ccccc3nc2N(CC(C)C)CC(C)C)cc1. The van der Waals surface area contributed by atoms with E-state index in [9.17, 15) is 10.1 Å². The smallest absolute Gasteiger partial charge is 0.243 e. The minimum absolute atomic E-state index is 0.305. The molecule has 0 bridgehead atoms. The van der Waals surface area contributed by atoms with Gasteiger partial charge in [-0.1, -0.05) is 52.0 Å². The molecule has 0 aliphatic carbocycles. The quantitative estimate of drug-likeness (QED) is 0.473. The molecule has 0 saturated heterocycles. The van der Waals surface area contributed by atoms with Gasteiger partial charge in [-0.05, 0) is 41.7 Å². The van der Waals surface area contributed by atoms with Gasteiger partial charge in [0.2, 0.25) is 5.91 Å². The van der Waals surface area contributed by atoms with Crippen LogP contribution in [0.3, 0.4) is 0 Å². The van der Waals surface area contributed by atoms with Crippen molar-refractivity contribution in [1.82, 2.24) is 15.3 Å². The second kappa shape index (κ2) is 11.5. The van der Waals surface area contributed by atoms with Gasteiger partial charge in [-0.25, -0.2) is 9.97 Å². The van der Waals surface area contributed by atoms with Crippen molar-refractivity contribution >= 4 is 22.8 Å². The van der Waals surface area contributed by atoms with Gasteiger partial charge in [0.15, 0.2) is 11.7 Å². The van der Waals surface area contributed by atoms with Gasteiger partial charge in [-0.15, -0.1) is 0 Å². The predicted octanol–water partition coefficient (Wildman–Crippen LogP) is 4.68. The molecule has 3 aromatic rings. The highest BCUT2D eigenvalue weighted by Crippen LogP contribution is 2.28. The normalized spacial score (nSPS) is 11.9. The van der Waals surface area contributed by atoms with E-state index in [1.165, 1.54) is 0 Å². The van der Waals surface area contributed by atoms with Gasteiger partial charge in [-0.2, -0.15) is 5.26 Å². The zero-order chi connectivity index (χ0) is 24.7. The predicted molar refractivity (Wildman–Crippen MR) is 135 cm³/mol. The van der Waals surface area contributed by atoms with Crippen LogP contribution in [0.4, 0.5) is 5.82 Å². The van der Waals surface area contributed by atoms with Gasteiger partial charge in [-0.3, -0.25) is 4.79 Å². The van der Waals surface area contributed by atoms with Crippen molar-refractivity contribution < 1.29 is 9.53 Å². The Labute approximate surface area is 201 Å². The number of nitriles is 1. The third-order valence-electron chi connectivity index (χ3n) is 5.34. The molecule has 1 N–H and O–H groups in total. The molecule has 2 aromatic carbocycles. The lowest BCUT2D eigenvalue weighted by Crippen LogP contribution is -2.35. The Morgan fingerprint density at radius 1 is 1.00 bits per heavy atom. The first-order valence-electron chi connectivity index (χ1n) is 11.6. The molecule has 0 saturated carbocycles. The number of nitrogens with one attached hydrogen (secondary N) is 1. The Bertz CT molecular complexity index is 1140. The molecule has 178 valence electrons. The minimum atomic E-state index is -1.08. The number of fused-ring (bicyclic) bond motifs is 1. The average molecular weight is 460 g/mol. The van der Waals surface area contributed by atoms with E-state index in [0.717, 1.165) is 29.9 Å². The van der Waals surface area contributed by atoms with Gasteiger partial charge < -0.3 is 15.0 Å². The van der Waals surface area contributed by atoms with Crippen LogP contribution in [0.25, 0.3) is 11.0 Å². The summed E-state index contributed by atoms with van der Waals surface area (Å²) in [6.07, 6.45) is 0. The van der Waals surface area contributed by atoms with Crippen molar-refractivity contribution in [1.29, 1.82) is 5.26 Å². The van der Waals surface area contributed by atoms with Crippen LogP contribution in [0.1, 0.15) is 44.9 Å². The number of carbonyl (C=O) groups is 1. The third-order valence-corrected chi connectivity index (χ3v) is 5.34. The zero-order valence-corrected chi connectivity index (χ0v) is 20.6. The number of amides is 1. The highest BCUT2D eigenvalue weighted by molar-refractivity contribution is 5.88. The van der Waals surface area contributed by atoms with Crippen LogP contribution in [-0.2, 0) is 11.3 Å². The van der Waals surface area contributed by atoms with Crippen molar-refractivity contribution in [2.45, 2.75) is 40.2 Å². The fourth-order valence-electron chi connectivity index (χ4n) is 3.84. The monoisotopic (exact) mass is 459 g/mol. The second-order valence-corrected chi connectivity index (χ2v) is 9.24. The Kier molecular flexibility index (Phi) is 8.42. The van der Waals surface area contributed by atoms with Gasteiger partial charge in [0, 0.05) is 19.6 Å². The molecule has 1 heterocycles. The van der Waals surface area contributed by atoms with Crippen LogP contribution in [0, 0.1) is 23.2 Å². The molecular weight excluding hydrogens is 426 g/mol. The summed E-state index contributed by atoms with van der Waals surface area (Å²) in [5.74, 6) is 0.641. The molecule has 0 radical (unpaired) electrons. The molecule has 0 aliphatic heterocycles. The van der Waals surface area contributed by atoms with Gasteiger partial charge >= 0.3 is 0 Å². The number of ether oxygens (including phenoxy) is 1. The summed E-state index contributed by atoms with van der Waals surface area (Å²) < 4.78 is 5.18. The average Bonchev–Trinajstić information content (AvgIpc) is 2.82. The van der Waals surface area contributed by atoms with Gasteiger partial charge in [0.25, 0.3) is 0 Å². The molecular formula is C27H33N5O2. The van der Waals surface area contributed by atoms with Crippen LogP contribution in [0.5, 0.6) is 5.75 Å². The van der Waals surface area contributed by atoms with Crippen LogP contribution in [0.2, 0.25) is 0 Å². The van der Waals surface area contributed by atoms with Crippen LogP contribution in [-0.4, -0.2) is 36.1 Å². The standard InChI is InChI=1S/C27H33N5O2/c1-18(2)16-32(17-19(3)4)26-25(30-23-8-6-7-9-24(23)31-26)22(14-28)27(33)29-15-20-10-12-21(34-5)13-11-20/h6-13,18-19,22H,15-17H2,1-5H3,(H,29,33). The summed E-state index contributed by atoms with van der Waals surface area (Å²) in [5.41, 5.74) is 2.72. The lowest BCUT2D eigenvalue weighted by atomic mass is 10.0. The number of anilines is 1. The number of hydrogen-bond donors (Lipinski definition) is 1. The minimum Gasteiger partial charge on any atom is -0.497 e. The summed E-state index contributed by atoms with van der Waals surface area (Å²) in [6, 6.07) is 17.2. The lowest BCUT2D eigenvalue weighted by Gasteiger charge is -2.29. The van der Waals surface area contributed by atoms with Gasteiger partial charge in [0.05, 0.1) is 24.2 Å². The van der Waals surface area contributed by atoms with Crippen molar-refractivity contribution in [2.75, 3.05) is 25.1 Å². The molecule has 0 spiro atoms. The molecule has 7 nitrogen and oxygen atoms in total. The molecule has 1 unspecified atom stereocenters. The molecule has 0 aliphatic rings. The first-order valence-corrected chi connectivity index (χ1v) is 11.6. The Balaban J connectivity index is 1.97.